The van der Waals surface area contributed by atoms with Crippen LogP contribution in [0.4, 0.5) is 0 Å². The van der Waals surface area contributed by atoms with E-state index in [-0.39, 0.29) is 5.75 Å². The largest absolute Gasteiger partial charge is 0.504 e. The molecule has 106 valence electrons. The van der Waals surface area contributed by atoms with E-state index in [1.165, 1.54) is 6.08 Å². The van der Waals surface area contributed by atoms with Crippen molar-refractivity contribution < 1.29 is 14.6 Å². The maximum atomic E-state index is 10.3. The molecule has 0 aliphatic rings. The fraction of sp³-hybridized carbons (Fsp3) is 0.0556. The Labute approximate surface area is 123 Å². The number of ether oxygens (including phenoxy) is 1. The smallest absolute Gasteiger partial charge is 0.169 e. The molecule has 21 heavy (non-hydrogen) atoms. The molecule has 0 fully saturated rings. The van der Waals surface area contributed by atoms with Crippen molar-refractivity contribution in [1.29, 1.82) is 0 Å². The summed E-state index contributed by atoms with van der Waals surface area (Å²) < 4.78 is 5.63. The number of carbonyl (C=O) groups is 1. The van der Waals surface area contributed by atoms with Crippen LogP contribution in [0.25, 0.3) is 6.08 Å². The van der Waals surface area contributed by atoms with Gasteiger partial charge in [-0.1, -0.05) is 30.4 Å². The van der Waals surface area contributed by atoms with Crippen molar-refractivity contribution in [1.82, 2.24) is 0 Å². The van der Waals surface area contributed by atoms with Crippen molar-refractivity contribution in [2.45, 2.75) is 6.42 Å². The standard InChI is InChI=1S/C18H16O3/c1-2-4-15-8-11-18(17(20)13-15)21-16-9-6-14(7-10-16)5-3-12-19/h2-3,5-13,20H,1,4H2/b5-3+. The highest BCUT2D eigenvalue weighted by Crippen LogP contribution is 2.31. The van der Waals surface area contributed by atoms with Crippen molar-refractivity contribution in [3.8, 4) is 17.2 Å². The zero-order valence-electron chi connectivity index (χ0n) is 11.5. The second kappa shape index (κ2) is 7.10. The summed E-state index contributed by atoms with van der Waals surface area (Å²) in [6, 6.07) is 12.5. The Morgan fingerprint density at radius 3 is 2.52 bits per heavy atom. The van der Waals surface area contributed by atoms with Crippen LogP contribution >= 0.6 is 0 Å². The quantitative estimate of drug-likeness (QED) is 0.492. The fourth-order valence-electron chi connectivity index (χ4n) is 1.87. The van der Waals surface area contributed by atoms with E-state index in [0.29, 0.717) is 17.9 Å². The normalized spacial score (nSPS) is 10.5. The van der Waals surface area contributed by atoms with E-state index in [4.69, 9.17) is 4.74 Å². The monoisotopic (exact) mass is 280 g/mol. The summed E-state index contributed by atoms with van der Waals surface area (Å²) in [4.78, 5) is 10.3. The van der Waals surface area contributed by atoms with Gasteiger partial charge in [0.15, 0.2) is 11.5 Å². The van der Waals surface area contributed by atoms with Gasteiger partial charge in [0.2, 0.25) is 0 Å². The highest BCUT2D eigenvalue weighted by molar-refractivity contribution is 5.73. The van der Waals surface area contributed by atoms with Crippen LogP contribution < -0.4 is 4.74 Å². The first-order valence-electron chi connectivity index (χ1n) is 6.55. The second-order valence-corrected chi connectivity index (χ2v) is 4.46. The lowest BCUT2D eigenvalue weighted by Crippen LogP contribution is -1.87. The van der Waals surface area contributed by atoms with Gasteiger partial charge in [-0.15, -0.1) is 6.58 Å². The van der Waals surface area contributed by atoms with Crippen molar-refractivity contribution in [2.24, 2.45) is 0 Å². The van der Waals surface area contributed by atoms with Crippen molar-refractivity contribution in [3.05, 3.63) is 72.3 Å². The van der Waals surface area contributed by atoms with Crippen LogP contribution in [0.15, 0.2) is 61.2 Å². The molecule has 0 bridgehead atoms. The van der Waals surface area contributed by atoms with Crippen molar-refractivity contribution >= 4 is 12.4 Å². The molecule has 2 aromatic carbocycles. The summed E-state index contributed by atoms with van der Waals surface area (Å²) in [5.74, 6) is 1.11. The van der Waals surface area contributed by atoms with Gasteiger partial charge in [-0.25, -0.2) is 0 Å². The SMILES string of the molecule is C=CCc1ccc(Oc2ccc(/C=C/C=O)cc2)c(O)c1. The lowest BCUT2D eigenvalue weighted by molar-refractivity contribution is -0.104. The lowest BCUT2D eigenvalue weighted by Gasteiger charge is -2.09. The number of phenols is 1. The minimum Gasteiger partial charge on any atom is -0.504 e. The van der Waals surface area contributed by atoms with Gasteiger partial charge >= 0.3 is 0 Å². The molecular formula is C18H16O3. The van der Waals surface area contributed by atoms with Crippen LogP contribution in [0.1, 0.15) is 11.1 Å². The van der Waals surface area contributed by atoms with Gasteiger partial charge in [-0.2, -0.15) is 0 Å². The maximum Gasteiger partial charge on any atom is 0.169 e. The first-order valence-corrected chi connectivity index (χ1v) is 6.55. The average molecular weight is 280 g/mol. The predicted molar refractivity (Wildman–Crippen MR) is 83.6 cm³/mol. The Morgan fingerprint density at radius 2 is 1.90 bits per heavy atom. The number of carbonyl (C=O) groups excluding carboxylic acids is 1. The molecule has 0 radical (unpaired) electrons. The minimum atomic E-state index is 0.0966. The molecule has 0 saturated carbocycles. The summed E-state index contributed by atoms with van der Waals surface area (Å²) in [7, 11) is 0. The molecule has 0 heterocycles. The molecule has 0 aliphatic carbocycles. The number of allylic oxidation sites excluding steroid dienone is 2. The van der Waals surface area contributed by atoms with Gasteiger partial charge in [-0.3, -0.25) is 4.79 Å². The number of aromatic hydroxyl groups is 1. The number of benzene rings is 2. The van der Waals surface area contributed by atoms with E-state index in [9.17, 15) is 9.90 Å². The van der Waals surface area contributed by atoms with Gasteiger partial charge in [0, 0.05) is 0 Å². The van der Waals surface area contributed by atoms with Crippen molar-refractivity contribution in [2.75, 3.05) is 0 Å². The van der Waals surface area contributed by atoms with Gasteiger partial charge in [0.1, 0.15) is 12.0 Å². The summed E-state index contributed by atoms with van der Waals surface area (Å²) in [6.07, 6.45) is 6.35. The van der Waals surface area contributed by atoms with Crippen LogP contribution in [0, 0.1) is 0 Å². The van der Waals surface area contributed by atoms with Crippen LogP contribution in [0.3, 0.4) is 0 Å². The van der Waals surface area contributed by atoms with Crippen LogP contribution in [0.5, 0.6) is 17.2 Å². The topological polar surface area (TPSA) is 46.5 Å². The number of hydrogen-bond acceptors (Lipinski definition) is 3. The molecule has 2 aromatic rings. The molecule has 0 amide bonds. The molecule has 0 aromatic heterocycles. The number of phenolic OH excluding ortho intramolecular Hbond substituents is 1. The molecule has 0 saturated heterocycles. The number of hydrogen-bond donors (Lipinski definition) is 1. The third-order valence-corrected chi connectivity index (χ3v) is 2.88. The Hall–Kier alpha value is -2.81. The minimum absolute atomic E-state index is 0.0966. The Bertz CT molecular complexity index is 655. The summed E-state index contributed by atoms with van der Waals surface area (Å²) in [5.41, 5.74) is 1.88. The summed E-state index contributed by atoms with van der Waals surface area (Å²) in [5, 5.41) is 9.94. The predicted octanol–water partition coefficient (Wildman–Crippen LogP) is 4.13. The van der Waals surface area contributed by atoms with Crippen molar-refractivity contribution in [3.63, 3.8) is 0 Å². The summed E-state index contributed by atoms with van der Waals surface area (Å²) >= 11 is 0. The average Bonchev–Trinajstić information content (AvgIpc) is 2.49. The Morgan fingerprint density at radius 1 is 1.14 bits per heavy atom. The van der Waals surface area contributed by atoms with E-state index in [2.05, 4.69) is 6.58 Å². The number of aldehydes is 1. The highest BCUT2D eigenvalue weighted by Gasteiger charge is 2.04. The third-order valence-electron chi connectivity index (χ3n) is 2.88. The van der Waals surface area contributed by atoms with E-state index in [1.54, 1.807) is 36.4 Å². The van der Waals surface area contributed by atoms with Gasteiger partial charge in [0.05, 0.1) is 0 Å². The zero-order valence-corrected chi connectivity index (χ0v) is 11.5. The van der Waals surface area contributed by atoms with Crippen LogP contribution in [0.2, 0.25) is 0 Å². The van der Waals surface area contributed by atoms with Gasteiger partial charge in [0.25, 0.3) is 0 Å². The molecule has 3 nitrogen and oxygen atoms in total. The molecule has 1 N–H and O–H groups in total. The Kier molecular flexibility index (Phi) is 4.94. The van der Waals surface area contributed by atoms with Gasteiger partial charge in [-0.05, 0) is 47.9 Å². The molecule has 0 spiro atoms. The molecular weight excluding hydrogens is 264 g/mol. The van der Waals surface area contributed by atoms with Crippen LogP contribution in [-0.4, -0.2) is 11.4 Å². The van der Waals surface area contributed by atoms with Gasteiger partial charge < -0.3 is 9.84 Å². The zero-order chi connectivity index (χ0) is 15.1. The fourth-order valence-corrected chi connectivity index (χ4v) is 1.87. The second-order valence-electron chi connectivity index (χ2n) is 4.46. The van der Waals surface area contributed by atoms with E-state index < -0.39 is 0 Å². The molecule has 0 atom stereocenters. The first-order chi connectivity index (χ1) is 10.2. The Balaban J connectivity index is 2.12. The molecule has 2 rings (SSSR count). The third kappa shape index (κ3) is 4.08. The van der Waals surface area contributed by atoms with E-state index in [1.807, 2.05) is 18.2 Å². The summed E-state index contributed by atoms with van der Waals surface area (Å²) in [6.45, 7) is 3.67. The molecule has 0 unspecified atom stereocenters. The molecule has 3 heteroatoms. The number of rotatable bonds is 6. The van der Waals surface area contributed by atoms with E-state index >= 15 is 0 Å². The molecule has 0 aliphatic heterocycles. The van der Waals surface area contributed by atoms with Crippen LogP contribution in [-0.2, 0) is 11.2 Å². The lowest BCUT2D eigenvalue weighted by atomic mass is 10.1. The maximum absolute atomic E-state index is 10.3. The highest BCUT2D eigenvalue weighted by atomic mass is 16.5. The first kappa shape index (κ1) is 14.6. The van der Waals surface area contributed by atoms with E-state index in [0.717, 1.165) is 17.4 Å².